The summed E-state index contributed by atoms with van der Waals surface area (Å²) < 4.78 is 7.90. The number of nitrogens with one attached hydrogen (secondary N) is 2. The summed E-state index contributed by atoms with van der Waals surface area (Å²) in [6.45, 7) is 4.65. The highest BCUT2D eigenvalue weighted by Crippen LogP contribution is 2.24. The summed E-state index contributed by atoms with van der Waals surface area (Å²) in [6.07, 6.45) is 13.8. The first-order valence-electron chi connectivity index (χ1n) is 11.2. The summed E-state index contributed by atoms with van der Waals surface area (Å²) in [5, 5.41) is 12.1. The zero-order chi connectivity index (χ0) is 18.7. The van der Waals surface area contributed by atoms with E-state index in [1.807, 2.05) is 4.68 Å². The molecule has 0 spiro atoms. The van der Waals surface area contributed by atoms with E-state index >= 15 is 0 Å². The lowest BCUT2D eigenvalue weighted by atomic mass is 9.95. The fraction of sp³-hybridized carbons (Fsp3) is 0.857. The fourth-order valence-corrected chi connectivity index (χ4v) is 4.28. The third kappa shape index (κ3) is 6.86. The molecule has 1 aliphatic carbocycles. The van der Waals surface area contributed by atoms with Gasteiger partial charge in [-0.3, -0.25) is 0 Å². The molecule has 6 nitrogen and oxygen atoms in total. The van der Waals surface area contributed by atoms with Crippen molar-refractivity contribution in [3.8, 4) is 0 Å². The van der Waals surface area contributed by atoms with Gasteiger partial charge in [0.05, 0.1) is 11.4 Å². The molecule has 1 saturated carbocycles. The Bertz CT molecular complexity index is 521. The zero-order valence-corrected chi connectivity index (χ0v) is 16.9. The lowest BCUT2D eigenvalue weighted by Gasteiger charge is -2.24. The van der Waals surface area contributed by atoms with Crippen LogP contribution in [0.1, 0.15) is 81.8 Å². The van der Waals surface area contributed by atoms with Crippen molar-refractivity contribution in [1.29, 1.82) is 0 Å². The number of hydrogen-bond acceptors (Lipinski definition) is 5. The average Bonchev–Trinajstić information content (AvgIpc) is 3.15. The third-order valence-corrected chi connectivity index (χ3v) is 5.86. The molecular formula is C21H39N5O. The van der Waals surface area contributed by atoms with Gasteiger partial charge in [0.1, 0.15) is 0 Å². The molecule has 27 heavy (non-hydrogen) atoms. The second-order valence-corrected chi connectivity index (χ2v) is 8.09. The molecule has 0 amide bonds. The van der Waals surface area contributed by atoms with Crippen LogP contribution in [-0.4, -0.2) is 42.1 Å². The Morgan fingerprint density at radius 3 is 2.63 bits per heavy atom. The third-order valence-electron chi connectivity index (χ3n) is 5.86. The molecule has 1 aliphatic heterocycles. The highest BCUT2D eigenvalue weighted by Gasteiger charge is 2.19. The second-order valence-electron chi connectivity index (χ2n) is 8.09. The molecule has 6 heteroatoms. The number of rotatable bonds is 11. The molecule has 0 aromatic carbocycles. The Balaban J connectivity index is 1.27. The smallest absolute Gasteiger partial charge is 0.150 e. The molecular weight excluding hydrogens is 338 g/mol. The van der Waals surface area contributed by atoms with Gasteiger partial charge in [-0.25, -0.2) is 4.68 Å². The van der Waals surface area contributed by atoms with E-state index < -0.39 is 0 Å². The molecule has 2 aliphatic rings. The predicted molar refractivity (Wildman–Crippen MR) is 110 cm³/mol. The lowest BCUT2D eigenvalue weighted by Crippen LogP contribution is -2.33. The molecule has 1 aromatic rings. The monoisotopic (exact) mass is 377 g/mol. The van der Waals surface area contributed by atoms with E-state index in [0.29, 0.717) is 6.54 Å². The maximum Gasteiger partial charge on any atom is 0.150 e. The summed E-state index contributed by atoms with van der Waals surface area (Å²) in [5.41, 5.74) is 8.15. The van der Waals surface area contributed by atoms with E-state index in [2.05, 4.69) is 16.7 Å². The summed E-state index contributed by atoms with van der Waals surface area (Å²) in [4.78, 5) is 0. The second kappa shape index (κ2) is 11.8. The summed E-state index contributed by atoms with van der Waals surface area (Å²) in [6, 6.07) is 2.94. The van der Waals surface area contributed by atoms with Crippen LogP contribution in [0.4, 0.5) is 0 Å². The maximum absolute atomic E-state index is 5.91. The number of aryl methyl sites for hydroxylation is 1. The molecule has 4 N–H and O–H groups in total. The van der Waals surface area contributed by atoms with Crippen LogP contribution in [0.25, 0.3) is 0 Å². The molecule has 154 valence electrons. The Labute approximate surface area is 164 Å². The van der Waals surface area contributed by atoms with Gasteiger partial charge in [-0.15, -0.1) is 0 Å². The Kier molecular flexibility index (Phi) is 9.08. The maximum atomic E-state index is 5.91. The molecule has 0 radical (unpaired) electrons. The minimum Gasteiger partial charge on any atom is -0.357 e. The molecule has 1 aromatic heterocycles. The van der Waals surface area contributed by atoms with E-state index in [1.165, 1.54) is 44.9 Å². The first-order chi connectivity index (χ1) is 13.4. The van der Waals surface area contributed by atoms with Crippen LogP contribution in [0.15, 0.2) is 6.07 Å². The Hall–Kier alpha value is -0.950. The van der Waals surface area contributed by atoms with Crippen molar-refractivity contribution >= 4 is 0 Å². The van der Waals surface area contributed by atoms with Crippen molar-refractivity contribution in [2.45, 2.75) is 89.4 Å². The number of hydrogen-bond donors (Lipinski definition) is 3. The van der Waals surface area contributed by atoms with Crippen molar-refractivity contribution in [3.05, 3.63) is 17.5 Å². The van der Waals surface area contributed by atoms with Gasteiger partial charge in [-0.1, -0.05) is 19.3 Å². The molecule has 1 atom stereocenters. The summed E-state index contributed by atoms with van der Waals surface area (Å²) >= 11 is 0. The minimum absolute atomic E-state index is 0.0841. The van der Waals surface area contributed by atoms with Crippen LogP contribution < -0.4 is 16.4 Å². The van der Waals surface area contributed by atoms with Gasteiger partial charge in [-0.2, -0.15) is 5.10 Å². The van der Waals surface area contributed by atoms with E-state index in [4.69, 9.17) is 15.6 Å². The van der Waals surface area contributed by atoms with Crippen LogP contribution in [0.3, 0.4) is 0 Å². The average molecular weight is 378 g/mol. The van der Waals surface area contributed by atoms with Crippen molar-refractivity contribution < 1.29 is 4.74 Å². The first kappa shape index (κ1) is 20.8. The Morgan fingerprint density at radius 2 is 1.85 bits per heavy atom. The Morgan fingerprint density at radius 1 is 1.04 bits per heavy atom. The summed E-state index contributed by atoms with van der Waals surface area (Å²) in [5.74, 6) is 0. The van der Waals surface area contributed by atoms with E-state index in [9.17, 15) is 0 Å². The molecule has 2 fully saturated rings. The van der Waals surface area contributed by atoms with Gasteiger partial charge in [0, 0.05) is 19.2 Å². The van der Waals surface area contributed by atoms with Gasteiger partial charge >= 0.3 is 0 Å². The van der Waals surface area contributed by atoms with Crippen LogP contribution in [0.5, 0.6) is 0 Å². The van der Waals surface area contributed by atoms with E-state index in [1.54, 1.807) is 0 Å². The highest BCUT2D eigenvalue weighted by atomic mass is 16.5. The molecule has 0 bridgehead atoms. The SMILES string of the molecule is NCc1cc(CCCNCCCNC2CCCCC2)nn1C1CCCCO1. The highest BCUT2D eigenvalue weighted by molar-refractivity contribution is 5.11. The van der Waals surface area contributed by atoms with Crippen molar-refractivity contribution in [2.75, 3.05) is 26.2 Å². The van der Waals surface area contributed by atoms with Crippen LogP contribution in [0.2, 0.25) is 0 Å². The standard InChI is InChI=1S/C21H39N5O/c22-17-20-16-19(25-26(20)21-11-4-5-15-27-21)10-6-12-23-13-7-14-24-18-8-2-1-3-9-18/h16,18,21,23-24H,1-15,17,22H2. The normalized spacial score (nSPS) is 21.6. The van der Waals surface area contributed by atoms with Gasteiger partial charge in [0.15, 0.2) is 6.23 Å². The number of nitrogens with zero attached hydrogens (tertiary/aromatic N) is 2. The number of aromatic nitrogens is 2. The first-order valence-corrected chi connectivity index (χ1v) is 11.2. The molecule has 2 heterocycles. The molecule has 1 unspecified atom stereocenters. The zero-order valence-electron chi connectivity index (χ0n) is 16.9. The van der Waals surface area contributed by atoms with Crippen molar-refractivity contribution in [3.63, 3.8) is 0 Å². The van der Waals surface area contributed by atoms with Crippen LogP contribution in [-0.2, 0) is 17.7 Å². The molecule has 3 rings (SSSR count). The van der Waals surface area contributed by atoms with Crippen LogP contribution >= 0.6 is 0 Å². The van der Waals surface area contributed by atoms with Crippen molar-refractivity contribution in [2.24, 2.45) is 5.73 Å². The molecule has 1 saturated heterocycles. The van der Waals surface area contributed by atoms with Crippen molar-refractivity contribution in [1.82, 2.24) is 20.4 Å². The predicted octanol–water partition coefficient (Wildman–Crippen LogP) is 2.88. The fourth-order valence-electron chi connectivity index (χ4n) is 4.28. The van der Waals surface area contributed by atoms with Gasteiger partial charge in [-0.05, 0) is 77.1 Å². The van der Waals surface area contributed by atoms with E-state index in [-0.39, 0.29) is 6.23 Å². The summed E-state index contributed by atoms with van der Waals surface area (Å²) in [7, 11) is 0. The number of nitrogens with two attached hydrogens (primary N) is 1. The van der Waals surface area contributed by atoms with Gasteiger partial charge in [0.25, 0.3) is 0 Å². The topological polar surface area (TPSA) is 77.1 Å². The van der Waals surface area contributed by atoms with Gasteiger partial charge < -0.3 is 21.1 Å². The largest absolute Gasteiger partial charge is 0.357 e. The van der Waals surface area contributed by atoms with Crippen LogP contribution in [0, 0.1) is 0 Å². The quantitative estimate of drug-likeness (QED) is 0.517. The van der Waals surface area contributed by atoms with Gasteiger partial charge in [0.2, 0.25) is 0 Å². The van der Waals surface area contributed by atoms with E-state index in [0.717, 1.165) is 69.4 Å². The lowest BCUT2D eigenvalue weighted by molar-refractivity contribution is -0.0412. The number of ether oxygens (including phenoxy) is 1. The minimum atomic E-state index is 0.0841.